The number of hydrogen-bond donors (Lipinski definition) is 1. The topological polar surface area (TPSA) is 92.9 Å². The number of carboxylic acids is 1. The lowest BCUT2D eigenvalue weighted by Gasteiger charge is -2.25. The Morgan fingerprint density at radius 3 is 2.95 bits per heavy atom. The molecule has 1 saturated heterocycles. The number of nitro benzene ring substituents is 1. The molecular formula is C13H16N2O5. The van der Waals surface area contributed by atoms with Crippen molar-refractivity contribution in [3.8, 4) is 5.75 Å². The first-order valence-corrected chi connectivity index (χ1v) is 6.33. The van der Waals surface area contributed by atoms with Crippen LogP contribution in [0.15, 0.2) is 18.2 Å². The number of aliphatic carboxylic acids is 1. The molecule has 2 rings (SSSR count). The van der Waals surface area contributed by atoms with Gasteiger partial charge in [-0.2, -0.15) is 0 Å². The third kappa shape index (κ3) is 2.81. The molecule has 1 aromatic carbocycles. The van der Waals surface area contributed by atoms with Gasteiger partial charge in [-0.15, -0.1) is 0 Å². The van der Waals surface area contributed by atoms with Gasteiger partial charge in [0.25, 0.3) is 0 Å². The minimum absolute atomic E-state index is 0.0688. The van der Waals surface area contributed by atoms with E-state index in [1.165, 1.54) is 13.2 Å². The lowest BCUT2D eigenvalue weighted by Crippen LogP contribution is -2.31. The third-order valence-corrected chi connectivity index (χ3v) is 3.48. The number of rotatable bonds is 5. The van der Waals surface area contributed by atoms with Gasteiger partial charge < -0.3 is 14.7 Å². The molecule has 0 spiro atoms. The van der Waals surface area contributed by atoms with Crippen molar-refractivity contribution in [2.45, 2.75) is 25.3 Å². The van der Waals surface area contributed by atoms with Crippen molar-refractivity contribution in [2.75, 3.05) is 18.6 Å². The van der Waals surface area contributed by atoms with Gasteiger partial charge >= 0.3 is 11.7 Å². The highest BCUT2D eigenvalue weighted by atomic mass is 16.6. The van der Waals surface area contributed by atoms with Crippen LogP contribution in [-0.2, 0) is 4.79 Å². The molecule has 0 bridgehead atoms. The van der Waals surface area contributed by atoms with E-state index in [0.717, 1.165) is 25.1 Å². The number of carboxylic acid groups (broad SMARTS) is 1. The summed E-state index contributed by atoms with van der Waals surface area (Å²) >= 11 is 0. The molecule has 0 amide bonds. The van der Waals surface area contributed by atoms with E-state index in [2.05, 4.69) is 0 Å². The largest absolute Gasteiger partial charge is 0.490 e. The van der Waals surface area contributed by atoms with Gasteiger partial charge in [0.2, 0.25) is 0 Å². The minimum Gasteiger partial charge on any atom is -0.490 e. The second-order valence-corrected chi connectivity index (χ2v) is 4.70. The molecule has 1 aliphatic rings. The van der Waals surface area contributed by atoms with E-state index in [-0.39, 0.29) is 23.9 Å². The maximum Gasteiger partial charge on any atom is 0.311 e. The molecular weight excluding hydrogens is 264 g/mol. The van der Waals surface area contributed by atoms with E-state index in [0.29, 0.717) is 0 Å². The standard InChI is InChI=1S/C13H16N2O5/c1-20-12-7-10(4-5-11(12)15(18)19)14-6-2-3-9(14)8-13(16)17/h4-5,7,9H,2-3,6,8H2,1H3,(H,16,17). The predicted octanol–water partition coefficient (Wildman–Crippen LogP) is 2.05. The summed E-state index contributed by atoms with van der Waals surface area (Å²) in [7, 11) is 1.38. The summed E-state index contributed by atoms with van der Waals surface area (Å²) in [5, 5.41) is 19.8. The van der Waals surface area contributed by atoms with E-state index >= 15 is 0 Å². The SMILES string of the molecule is COc1cc(N2CCCC2CC(=O)O)ccc1[N+](=O)[O-]. The van der Waals surface area contributed by atoms with Gasteiger partial charge in [-0.05, 0) is 18.9 Å². The molecule has 1 aliphatic heterocycles. The van der Waals surface area contributed by atoms with Crippen LogP contribution in [0.2, 0.25) is 0 Å². The van der Waals surface area contributed by atoms with Gasteiger partial charge in [-0.25, -0.2) is 0 Å². The lowest BCUT2D eigenvalue weighted by atomic mass is 10.1. The molecule has 1 N–H and O–H groups in total. The van der Waals surface area contributed by atoms with Crippen LogP contribution in [0.1, 0.15) is 19.3 Å². The molecule has 108 valence electrons. The summed E-state index contributed by atoms with van der Waals surface area (Å²) in [5.41, 5.74) is 0.668. The van der Waals surface area contributed by atoms with Crippen molar-refractivity contribution in [3.63, 3.8) is 0 Å². The normalized spacial score (nSPS) is 18.1. The minimum atomic E-state index is -0.837. The Morgan fingerprint density at radius 2 is 2.35 bits per heavy atom. The second kappa shape index (κ2) is 5.77. The van der Waals surface area contributed by atoms with Crippen LogP contribution in [0.4, 0.5) is 11.4 Å². The Bertz CT molecular complexity index is 531. The van der Waals surface area contributed by atoms with Crippen molar-refractivity contribution in [2.24, 2.45) is 0 Å². The van der Waals surface area contributed by atoms with Crippen LogP contribution < -0.4 is 9.64 Å². The molecule has 1 fully saturated rings. The first kappa shape index (κ1) is 14.1. The highest BCUT2D eigenvalue weighted by Gasteiger charge is 2.28. The van der Waals surface area contributed by atoms with E-state index in [1.54, 1.807) is 12.1 Å². The summed E-state index contributed by atoms with van der Waals surface area (Å²) in [6.45, 7) is 0.749. The molecule has 1 heterocycles. The summed E-state index contributed by atoms with van der Waals surface area (Å²) < 4.78 is 5.04. The second-order valence-electron chi connectivity index (χ2n) is 4.70. The molecule has 1 atom stereocenters. The lowest BCUT2D eigenvalue weighted by molar-refractivity contribution is -0.385. The zero-order valence-corrected chi connectivity index (χ0v) is 11.1. The highest BCUT2D eigenvalue weighted by Crippen LogP contribution is 2.34. The smallest absolute Gasteiger partial charge is 0.311 e. The first-order chi connectivity index (χ1) is 9.52. The number of nitrogens with zero attached hydrogens (tertiary/aromatic N) is 2. The molecule has 1 unspecified atom stereocenters. The number of carbonyl (C=O) groups is 1. The van der Waals surface area contributed by atoms with Gasteiger partial charge in [-0.1, -0.05) is 0 Å². The van der Waals surface area contributed by atoms with Gasteiger partial charge in [0, 0.05) is 30.4 Å². The van der Waals surface area contributed by atoms with E-state index in [9.17, 15) is 14.9 Å². The fraction of sp³-hybridized carbons (Fsp3) is 0.462. The monoisotopic (exact) mass is 280 g/mol. The van der Waals surface area contributed by atoms with Crippen LogP contribution in [0.25, 0.3) is 0 Å². The molecule has 0 radical (unpaired) electrons. The molecule has 20 heavy (non-hydrogen) atoms. The number of anilines is 1. The predicted molar refractivity (Wildman–Crippen MR) is 72.3 cm³/mol. The number of ether oxygens (including phenoxy) is 1. The Kier molecular flexibility index (Phi) is 4.07. The Morgan fingerprint density at radius 1 is 1.60 bits per heavy atom. The van der Waals surface area contributed by atoms with Crippen molar-refractivity contribution in [3.05, 3.63) is 28.3 Å². The summed E-state index contributed by atoms with van der Waals surface area (Å²) in [4.78, 5) is 23.2. The molecule has 0 saturated carbocycles. The maximum absolute atomic E-state index is 10.9. The summed E-state index contributed by atoms with van der Waals surface area (Å²) in [6.07, 6.45) is 1.79. The van der Waals surface area contributed by atoms with Gasteiger partial charge in [0.15, 0.2) is 5.75 Å². The maximum atomic E-state index is 10.9. The van der Waals surface area contributed by atoms with Gasteiger partial charge in [0.05, 0.1) is 18.5 Å². The van der Waals surface area contributed by atoms with Crippen molar-refractivity contribution < 1.29 is 19.6 Å². The van der Waals surface area contributed by atoms with Crippen LogP contribution in [0.5, 0.6) is 5.75 Å². The Hall–Kier alpha value is -2.31. The average molecular weight is 280 g/mol. The quantitative estimate of drug-likeness (QED) is 0.655. The van der Waals surface area contributed by atoms with E-state index in [1.807, 2.05) is 4.90 Å². The summed E-state index contributed by atoms with van der Waals surface area (Å²) in [5.74, 6) is -0.649. The Balaban J connectivity index is 2.28. The van der Waals surface area contributed by atoms with Crippen molar-refractivity contribution in [1.29, 1.82) is 0 Å². The molecule has 0 aliphatic carbocycles. The molecule has 7 nitrogen and oxygen atoms in total. The zero-order chi connectivity index (χ0) is 14.7. The molecule has 1 aromatic rings. The fourth-order valence-corrected chi connectivity index (χ4v) is 2.59. The van der Waals surface area contributed by atoms with Crippen LogP contribution in [0, 0.1) is 10.1 Å². The van der Waals surface area contributed by atoms with Gasteiger partial charge in [-0.3, -0.25) is 14.9 Å². The number of hydrogen-bond acceptors (Lipinski definition) is 5. The van der Waals surface area contributed by atoms with Crippen LogP contribution >= 0.6 is 0 Å². The average Bonchev–Trinajstić information content (AvgIpc) is 2.85. The fourth-order valence-electron chi connectivity index (χ4n) is 2.59. The molecule has 7 heteroatoms. The first-order valence-electron chi connectivity index (χ1n) is 6.33. The van der Waals surface area contributed by atoms with Crippen molar-refractivity contribution in [1.82, 2.24) is 0 Å². The summed E-state index contributed by atoms with van der Waals surface area (Å²) in [6, 6.07) is 4.56. The number of nitro groups is 1. The van der Waals surface area contributed by atoms with E-state index < -0.39 is 10.9 Å². The Labute approximate surface area is 115 Å². The number of benzene rings is 1. The van der Waals surface area contributed by atoms with Gasteiger partial charge in [0.1, 0.15) is 0 Å². The molecule has 0 aromatic heterocycles. The van der Waals surface area contributed by atoms with Crippen molar-refractivity contribution >= 4 is 17.3 Å². The van der Waals surface area contributed by atoms with Crippen LogP contribution in [-0.4, -0.2) is 35.7 Å². The van der Waals surface area contributed by atoms with E-state index in [4.69, 9.17) is 9.84 Å². The third-order valence-electron chi connectivity index (χ3n) is 3.48. The highest BCUT2D eigenvalue weighted by molar-refractivity contribution is 5.69. The zero-order valence-electron chi connectivity index (χ0n) is 11.1. The number of methoxy groups -OCH3 is 1. The van der Waals surface area contributed by atoms with Crippen LogP contribution in [0.3, 0.4) is 0 Å².